The van der Waals surface area contributed by atoms with Gasteiger partial charge < -0.3 is 13.7 Å². The van der Waals surface area contributed by atoms with Crippen LogP contribution in [0.15, 0.2) is 21.0 Å². The van der Waals surface area contributed by atoms with Crippen molar-refractivity contribution in [3.8, 4) is 11.7 Å². The average molecular weight is 228 g/mol. The summed E-state index contributed by atoms with van der Waals surface area (Å²) in [6, 6.07) is 3.97. The topological polar surface area (TPSA) is 55.3 Å². The van der Waals surface area contributed by atoms with Crippen LogP contribution in [0.5, 0.6) is 0 Å². The van der Waals surface area contributed by atoms with E-state index in [4.69, 9.17) is 20.4 Å². The molecule has 2 heterocycles. The maximum atomic E-state index is 5.61. The third-order valence-electron chi connectivity index (χ3n) is 1.80. The molecule has 0 aliphatic heterocycles. The van der Waals surface area contributed by atoms with Crippen molar-refractivity contribution in [3.05, 3.63) is 17.9 Å². The zero-order valence-corrected chi connectivity index (χ0v) is 9.15. The van der Waals surface area contributed by atoms with E-state index >= 15 is 0 Å². The van der Waals surface area contributed by atoms with Gasteiger partial charge in [-0.15, -0.1) is 16.7 Å². The molecule has 0 radical (unpaired) electrons. The molecule has 0 N–H and O–H groups in total. The Labute approximate surface area is 91.6 Å². The Morgan fingerprint density at radius 1 is 1.27 bits per heavy atom. The lowest BCUT2D eigenvalue weighted by Crippen LogP contribution is -2.08. The standard InChI is InChI=1S/C9H10ClN3O2/c1-13(2)9-12-11-8(15-9)7-4-3-6(5-10)14-7/h3-4H,5H2,1-2H3. The summed E-state index contributed by atoms with van der Waals surface area (Å²) < 4.78 is 10.7. The smallest absolute Gasteiger partial charge is 0.318 e. The molecule has 0 aliphatic carbocycles. The summed E-state index contributed by atoms with van der Waals surface area (Å²) >= 11 is 5.61. The highest BCUT2D eigenvalue weighted by molar-refractivity contribution is 6.16. The monoisotopic (exact) mass is 227 g/mol. The molecule has 2 aromatic heterocycles. The largest absolute Gasteiger partial charge is 0.455 e. The summed E-state index contributed by atoms with van der Waals surface area (Å²) in [5, 5.41) is 7.70. The van der Waals surface area contributed by atoms with Crippen molar-refractivity contribution in [1.82, 2.24) is 10.2 Å². The lowest BCUT2D eigenvalue weighted by atomic mass is 10.4. The summed E-state index contributed by atoms with van der Waals surface area (Å²) in [5.74, 6) is 1.90. The van der Waals surface area contributed by atoms with E-state index in [0.717, 1.165) is 0 Å². The second kappa shape index (κ2) is 3.94. The third kappa shape index (κ3) is 1.97. The highest BCUT2D eigenvalue weighted by atomic mass is 35.5. The van der Waals surface area contributed by atoms with Crippen LogP contribution in [0, 0.1) is 0 Å². The minimum Gasteiger partial charge on any atom is -0.455 e. The van der Waals surface area contributed by atoms with Gasteiger partial charge in [0.15, 0.2) is 5.76 Å². The number of alkyl halides is 1. The summed E-state index contributed by atoms with van der Waals surface area (Å²) in [4.78, 5) is 1.72. The number of hydrogen-bond donors (Lipinski definition) is 0. The van der Waals surface area contributed by atoms with Crippen molar-refractivity contribution in [2.45, 2.75) is 5.88 Å². The fourth-order valence-electron chi connectivity index (χ4n) is 1.06. The molecule has 0 amide bonds. The van der Waals surface area contributed by atoms with E-state index in [2.05, 4.69) is 10.2 Å². The molecule has 2 rings (SSSR count). The van der Waals surface area contributed by atoms with Crippen LogP contribution < -0.4 is 4.90 Å². The van der Waals surface area contributed by atoms with Crippen molar-refractivity contribution in [2.24, 2.45) is 0 Å². The molecule has 0 unspecified atom stereocenters. The number of rotatable bonds is 3. The Morgan fingerprint density at radius 3 is 2.60 bits per heavy atom. The number of aromatic nitrogens is 2. The first kappa shape index (κ1) is 10.0. The van der Waals surface area contributed by atoms with Crippen molar-refractivity contribution >= 4 is 17.6 Å². The van der Waals surface area contributed by atoms with Crippen LogP contribution >= 0.6 is 11.6 Å². The number of halogens is 1. The highest BCUT2D eigenvalue weighted by Gasteiger charge is 2.13. The maximum Gasteiger partial charge on any atom is 0.318 e. The van der Waals surface area contributed by atoms with Gasteiger partial charge >= 0.3 is 6.01 Å². The van der Waals surface area contributed by atoms with Crippen LogP contribution in [0.2, 0.25) is 0 Å². The fourth-order valence-corrected chi connectivity index (χ4v) is 1.20. The van der Waals surface area contributed by atoms with E-state index in [-0.39, 0.29) is 0 Å². The van der Waals surface area contributed by atoms with Crippen molar-refractivity contribution < 1.29 is 8.83 Å². The molecule has 5 nitrogen and oxygen atoms in total. The number of anilines is 1. The van der Waals surface area contributed by atoms with Crippen LogP contribution in [0.1, 0.15) is 5.76 Å². The summed E-state index contributed by atoms with van der Waals surface area (Å²) in [5.41, 5.74) is 0. The molecule has 0 saturated heterocycles. The van der Waals surface area contributed by atoms with E-state index in [0.29, 0.717) is 29.3 Å². The highest BCUT2D eigenvalue weighted by Crippen LogP contribution is 2.23. The first-order chi connectivity index (χ1) is 7.20. The van der Waals surface area contributed by atoms with Gasteiger partial charge in [0.05, 0.1) is 5.88 Å². The van der Waals surface area contributed by atoms with E-state index in [9.17, 15) is 0 Å². The quantitative estimate of drug-likeness (QED) is 0.752. The first-order valence-electron chi connectivity index (χ1n) is 4.36. The minimum absolute atomic E-state index is 0.328. The average Bonchev–Trinajstić information content (AvgIpc) is 2.86. The zero-order valence-electron chi connectivity index (χ0n) is 8.40. The molecule has 0 bridgehead atoms. The molecular formula is C9H10ClN3O2. The van der Waals surface area contributed by atoms with Gasteiger partial charge in [-0.05, 0) is 12.1 Å². The molecule has 15 heavy (non-hydrogen) atoms. The van der Waals surface area contributed by atoms with Gasteiger partial charge in [0.25, 0.3) is 5.89 Å². The summed E-state index contributed by atoms with van der Waals surface area (Å²) in [6.45, 7) is 0. The van der Waals surface area contributed by atoms with E-state index in [1.54, 1.807) is 17.0 Å². The predicted octanol–water partition coefficient (Wildman–Crippen LogP) is 2.13. The molecule has 0 saturated carbocycles. The molecule has 0 aromatic carbocycles. The Hall–Kier alpha value is -1.49. The van der Waals surface area contributed by atoms with Crippen LogP contribution in [0.4, 0.5) is 6.01 Å². The van der Waals surface area contributed by atoms with Gasteiger partial charge in [-0.3, -0.25) is 0 Å². The van der Waals surface area contributed by atoms with Gasteiger partial charge in [-0.1, -0.05) is 5.10 Å². The normalized spacial score (nSPS) is 10.6. The Kier molecular flexibility index (Phi) is 2.64. The molecule has 80 valence electrons. The molecule has 0 spiro atoms. The van der Waals surface area contributed by atoms with Gasteiger partial charge in [-0.2, -0.15) is 0 Å². The summed E-state index contributed by atoms with van der Waals surface area (Å²) in [6.07, 6.45) is 0. The van der Waals surface area contributed by atoms with Crippen LogP contribution in [0.3, 0.4) is 0 Å². The zero-order chi connectivity index (χ0) is 10.8. The van der Waals surface area contributed by atoms with Crippen molar-refractivity contribution in [1.29, 1.82) is 0 Å². The van der Waals surface area contributed by atoms with E-state index in [1.807, 2.05) is 14.1 Å². The molecular weight excluding hydrogens is 218 g/mol. The third-order valence-corrected chi connectivity index (χ3v) is 2.06. The number of nitrogens with zero attached hydrogens (tertiary/aromatic N) is 3. The lowest BCUT2D eigenvalue weighted by molar-refractivity contribution is 0.498. The molecule has 2 aromatic rings. The maximum absolute atomic E-state index is 5.61. The Morgan fingerprint density at radius 2 is 2.07 bits per heavy atom. The van der Waals surface area contributed by atoms with Gasteiger partial charge in [-0.25, -0.2) is 0 Å². The Balaban J connectivity index is 2.28. The van der Waals surface area contributed by atoms with Crippen LogP contribution in [-0.4, -0.2) is 24.3 Å². The SMILES string of the molecule is CN(C)c1nnc(-c2ccc(CCl)o2)o1. The molecule has 0 atom stereocenters. The van der Waals surface area contributed by atoms with Crippen molar-refractivity contribution in [2.75, 3.05) is 19.0 Å². The van der Waals surface area contributed by atoms with Crippen LogP contribution in [-0.2, 0) is 5.88 Å². The molecule has 6 heteroatoms. The van der Waals surface area contributed by atoms with Gasteiger partial charge in [0.2, 0.25) is 0 Å². The number of hydrogen-bond acceptors (Lipinski definition) is 5. The van der Waals surface area contributed by atoms with Crippen molar-refractivity contribution in [3.63, 3.8) is 0 Å². The predicted molar refractivity (Wildman–Crippen MR) is 55.9 cm³/mol. The Bertz CT molecular complexity index is 450. The molecule has 0 fully saturated rings. The van der Waals surface area contributed by atoms with Gasteiger partial charge in [0, 0.05) is 14.1 Å². The second-order valence-electron chi connectivity index (χ2n) is 3.18. The van der Waals surface area contributed by atoms with E-state index < -0.39 is 0 Å². The lowest BCUT2D eigenvalue weighted by Gasteiger charge is -2.02. The summed E-state index contributed by atoms with van der Waals surface area (Å²) in [7, 11) is 3.65. The minimum atomic E-state index is 0.328. The van der Waals surface area contributed by atoms with Crippen LogP contribution in [0.25, 0.3) is 11.7 Å². The van der Waals surface area contributed by atoms with Gasteiger partial charge in [0.1, 0.15) is 5.76 Å². The second-order valence-corrected chi connectivity index (χ2v) is 3.45. The molecule has 0 aliphatic rings. The number of furan rings is 1. The fraction of sp³-hybridized carbons (Fsp3) is 0.333. The van der Waals surface area contributed by atoms with E-state index in [1.165, 1.54) is 0 Å². The first-order valence-corrected chi connectivity index (χ1v) is 4.90.